The summed E-state index contributed by atoms with van der Waals surface area (Å²) in [7, 11) is 0. The van der Waals surface area contributed by atoms with Crippen LogP contribution in [-0.2, 0) is 5.41 Å². The van der Waals surface area contributed by atoms with Gasteiger partial charge in [0.15, 0.2) is 0 Å². The Labute approximate surface area is 231 Å². The number of urea groups is 1. The number of nitrogens with two attached hydrogens (primary N) is 1. The molecule has 1 fully saturated rings. The van der Waals surface area contributed by atoms with Crippen molar-refractivity contribution in [2.24, 2.45) is 5.92 Å². The SMILES string of the molecule is CC(C)CN1CCC(CNC(=O)NC2(C)C=C(Cl)C=C(Cl)C2)(c2ccc(-c3cccc(N)c3)cc2)CC1. The molecule has 198 valence electrons. The quantitative estimate of drug-likeness (QED) is 0.345. The Hall–Kier alpha value is -2.47. The predicted molar refractivity (Wildman–Crippen MR) is 156 cm³/mol. The van der Waals surface area contributed by atoms with Gasteiger partial charge in [-0.2, -0.15) is 0 Å². The number of carbonyl (C=O) groups excluding carboxylic acids is 1. The number of nitrogen functional groups attached to an aromatic ring is 1. The molecule has 37 heavy (non-hydrogen) atoms. The first kappa shape index (κ1) is 27.6. The van der Waals surface area contributed by atoms with Crippen LogP contribution in [-0.4, -0.2) is 42.6 Å². The van der Waals surface area contributed by atoms with E-state index in [1.807, 2.05) is 31.2 Å². The van der Waals surface area contributed by atoms with Crippen LogP contribution in [0, 0.1) is 5.92 Å². The summed E-state index contributed by atoms with van der Waals surface area (Å²) in [6.07, 6.45) is 6.04. The van der Waals surface area contributed by atoms with Crippen molar-refractivity contribution in [2.75, 3.05) is 31.9 Å². The Morgan fingerprint density at radius 3 is 2.41 bits per heavy atom. The van der Waals surface area contributed by atoms with Gasteiger partial charge in [0.2, 0.25) is 0 Å². The number of hydrogen-bond acceptors (Lipinski definition) is 3. The molecule has 1 aliphatic heterocycles. The van der Waals surface area contributed by atoms with Crippen LogP contribution in [0.5, 0.6) is 0 Å². The second-order valence-corrected chi connectivity index (χ2v) is 12.1. The normalized spacial score (nSPS) is 21.8. The average molecular weight is 542 g/mol. The summed E-state index contributed by atoms with van der Waals surface area (Å²) < 4.78 is 0. The highest BCUT2D eigenvalue weighted by Gasteiger charge is 2.37. The van der Waals surface area contributed by atoms with Gasteiger partial charge in [-0.25, -0.2) is 4.79 Å². The molecule has 2 amide bonds. The number of allylic oxidation sites excluding steroid dienone is 2. The van der Waals surface area contributed by atoms with E-state index < -0.39 is 5.54 Å². The molecule has 4 rings (SSSR count). The van der Waals surface area contributed by atoms with Crippen molar-refractivity contribution in [3.8, 4) is 11.1 Å². The zero-order valence-electron chi connectivity index (χ0n) is 22.0. The van der Waals surface area contributed by atoms with Gasteiger partial charge in [0.1, 0.15) is 0 Å². The maximum absolute atomic E-state index is 13.0. The van der Waals surface area contributed by atoms with Crippen LogP contribution in [0.1, 0.15) is 45.6 Å². The third-order valence-corrected chi connectivity index (χ3v) is 7.89. The Morgan fingerprint density at radius 2 is 1.78 bits per heavy atom. The maximum atomic E-state index is 13.0. The molecule has 2 aromatic carbocycles. The molecule has 0 saturated carbocycles. The number of carbonyl (C=O) groups is 1. The minimum Gasteiger partial charge on any atom is -0.399 e. The molecule has 1 aliphatic carbocycles. The lowest BCUT2D eigenvalue weighted by Gasteiger charge is -2.43. The number of nitrogens with zero attached hydrogens (tertiary/aromatic N) is 1. The first-order valence-corrected chi connectivity index (χ1v) is 13.8. The molecular weight excluding hydrogens is 503 g/mol. The minimum atomic E-state index is -0.625. The molecule has 2 aliphatic rings. The lowest BCUT2D eigenvalue weighted by molar-refractivity contribution is 0.143. The molecule has 1 heterocycles. The van der Waals surface area contributed by atoms with Gasteiger partial charge in [0.25, 0.3) is 0 Å². The molecule has 1 unspecified atom stereocenters. The molecule has 1 saturated heterocycles. The van der Waals surface area contributed by atoms with Crippen molar-refractivity contribution in [1.82, 2.24) is 15.5 Å². The van der Waals surface area contributed by atoms with Crippen LogP contribution in [0.15, 0.2) is 70.7 Å². The summed E-state index contributed by atoms with van der Waals surface area (Å²) in [5.41, 5.74) is 9.47. The molecule has 0 radical (unpaired) electrons. The monoisotopic (exact) mass is 540 g/mol. The van der Waals surface area contributed by atoms with Crippen molar-refractivity contribution >= 4 is 34.9 Å². The zero-order chi connectivity index (χ0) is 26.6. The van der Waals surface area contributed by atoms with Gasteiger partial charge in [-0.3, -0.25) is 0 Å². The molecule has 0 spiro atoms. The van der Waals surface area contributed by atoms with Crippen molar-refractivity contribution in [3.63, 3.8) is 0 Å². The Morgan fingerprint density at radius 1 is 1.08 bits per heavy atom. The molecule has 1 atom stereocenters. The summed E-state index contributed by atoms with van der Waals surface area (Å²) in [6.45, 7) is 10.1. The third-order valence-electron chi connectivity index (χ3n) is 7.43. The van der Waals surface area contributed by atoms with Gasteiger partial charge < -0.3 is 21.3 Å². The number of nitrogens with one attached hydrogen (secondary N) is 2. The van der Waals surface area contributed by atoms with E-state index in [2.05, 4.69) is 59.7 Å². The smallest absolute Gasteiger partial charge is 0.315 e. The Balaban J connectivity index is 1.50. The highest BCUT2D eigenvalue weighted by Crippen LogP contribution is 2.37. The Bertz CT molecular complexity index is 1170. The standard InChI is InChI=1S/C30H38Cl2N4O/c1-21(2)19-36-13-11-30(12-14-36,20-34-28(37)35-29(3)17-25(31)16-26(32)18-29)24-9-7-22(8-10-24)23-5-4-6-27(33)15-23/h4-10,15-17,21H,11-14,18-20,33H2,1-3H3,(H2,34,35,37). The summed E-state index contributed by atoms with van der Waals surface area (Å²) in [6, 6.07) is 16.5. The summed E-state index contributed by atoms with van der Waals surface area (Å²) in [4.78, 5) is 15.6. The van der Waals surface area contributed by atoms with E-state index in [0.29, 0.717) is 28.9 Å². The number of benzene rings is 2. The molecule has 0 aromatic heterocycles. The van der Waals surface area contributed by atoms with Crippen LogP contribution in [0.3, 0.4) is 0 Å². The number of piperidine rings is 1. The van der Waals surface area contributed by atoms with E-state index in [9.17, 15) is 4.79 Å². The van der Waals surface area contributed by atoms with Gasteiger partial charge in [0.05, 0.1) is 5.54 Å². The summed E-state index contributed by atoms with van der Waals surface area (Å²) >= 11 is 12.5. The summed E-state index contributed by atoms with van der Waals surface area (Å²) in [5.74, 6) is 0.631. The molecule has 2 aromatic rings. The molecular formula is C30H38Cl2N4O. The highest BCUT2D eigenvalue weighted by atomic mass is 35.5. The summed E-state index contributed by atoms with van der Waals surface area (Å²) in [5, 5.41) is 7.42. The van der Waals surface area contributed by atoms with E-state index in [0.717, 1.165) is 49.3 Å². The van der Waals surface area contributed by atoms with E-state index in [4.69, 9.17) is 28.9 Å². The third kappa shape index (κ3) is 7.10. The lowest BCUT2D eigenvalue weighted by Crippen LogP contribution is -2.54. The van der Waals surface area contributed by atoms with Crippen molar-refractivity contribution in [2.45, 2.75) is 51.0 Å². The average Bonchev–Trinajstić information content (AvgIpc) is 2.82. The number of hydrogen-bond donors (Lipinski definition) is 3. The van der Waals surface area contributed by atoms with Gasteiger partial charge in [-0.05, 0) is 79.7 Å². The van der Waals surface area contributed by atoms with Crippen molar-refractivity contribution in [1.29, 1.82) is 0 Å². The van der Waals surface area contributed by atoms with Crippen LogP contribution < -0.4 is 16.4 Å². The fourth-order valence-electron chi connectivity index (χ4n) is 5.56. The van der Waals surface area contributed by atoms with E-state index in [1.165, 1.54) is 5.56 Å². The number of rotatable bonds is 7. The highest BCUT2D eigenvalue weighted by molar-refractivity contribution is 6.35. The first-order valence-electron chi connectivity index (χ1n) is 13.1. The fraction of sp³-hybridized carbons (Fsp3) is 0.433. The topological polar surface area (TPSA) is 70.4 Å². The van der Waals surface area contributed by atoms with Gasteiger partial charge in [0, 0.05) is 40.7 Å². The number of amides is 2. The Kier molecular flexibility index (Phi) is 8.57. The largest absolute Gasteiger partial charge is 0.399 e. The first-order chi connectivity index (χ1) is 17.6. The maximum Gasteiger partial charge on any atom is 0.315 e. The van der Waals surface area contributed by atoms with Crippen LogP contribution >= 0.6 is 23.2 Å². The number of anilines is 1. The molecule has 7 heteroatoms. The van der Waals surface area contributed by atoms with Crippen molar-refractivity contribution in [3.05, 3.63) is 76.3 Å². The lowest BCUT2D eigenvalue weighted by atomic mass is 9.72. The van der Waals surface area contributed by atoms with E-state index >= 15 is 0 Å². The van der Waals surface area contributed by atoms with E-state index in [-0.39, 0.29) is 11.4 Å². The van der Waals surface area contributed by atoms with E-state index in [1.54, 1.807) is 6.08 Å². The number of likely N-dealkylation sites (tertiary alicyclic amines) is 1. The fourth-order valence-corrected chi connectivity index (χ4v) is 6.39. The van der Waals surface area contributed by atoms with Crippen LogP contribution in [0.25, 0.3) is 11.1 Å². The molecule has 5 nitrogen and oxygen atoms in total. The second-order valence-electron chi connectivity index (χ2n) is 11.2. The van der Waals surface area contributed by atoms with Gasteiger partial charge in [-0.15, -0.1) is 0 Å². The minimum absolute atomic E-state index is 0.141. The second kappa shape index (κ2) is 11.5. The van der Waals surface area contributed by atoms with Gasteiger partial charge in [-0.1, -0.05) is 73.4 Å². The number of halogens is 2. The molecule has 0 bridgehead atoms. The predicted octanol–water partition coefficient (Wildman–Crippen LogP) is 6.63. The van der Waals surface area contributed by atoms with Crippen LogP contribution in [0.2, 0.25) is 0 Å². The zero-order valence-corrected chi connectivity index (χ0v) is 23.5. The van der Waals surface area contributed by atoms with Gasteiger partial charge >= 0.3 is 6.03 Å². The van der Waals surface area contributed by atoms with Crippen LogP contribution in [0.4, 0.5) is 10.5 Å². The molecule has 4 N–H and O–H groups in total. The van der Waals surface area contributed by atoms with Crippen molar-refractivity contribution < 1.29 is 4.79 Å².